The van der Waals surface area contributed by atoms with E-state index in [0.29, 0.717) is 0 Å². The molecule has 0 aliphatic rings. The number of benzene rings is 1. The van der Waals surface area contributed by atoms with Gasteiger partial charge in [0.15, 0.2) is 0 Å². The van der Waals surface area contributed by atoms with E-state index < -0.39 is 17.4 Å². The molecule has 0 aliphatic carbocycles. The zero-order chi connectivity index (χ0) is 10.1. The van der Waals surface area contributed by atoms with E-state index in [2.05, 4.69) is 5.18 Å². The van der Waals surface area contributed by atoms with Crippen LogP contribution in [-0.2, 0) is 6.18 Å². The molecule has 0 radical (unpaired) electrons. The van der Waals surface area contributed by atoms with Crippen LogP contribution in [0.1, 0.15) is 5.56 Å². The lowest BCUT2D eigenvalue weighted by atomic mass is 10.2. The molecule has 1 rings (SSSR count). The Kier molecular flexibility index (Phi) is 2.56. The van der Waals surface area contributed by atoms with E-state index >= 15 is 0 Å². The second-order valence-corrected chi connectivity index (χ2v) is 2.63. The van der Waals surface area contributed by atoms with Crippen LogP contribution in [0.3, 0.4) is 0 Å². The fraction of sp³-hybridized carbons (Fsp3) is 0.143. The van der Waals surface area contributed by atoms with E-state index in [0.717, 1.165) is 12.1 Å². The normalized spacial score (nSPS) is 11.4. The van der Waals surface area contributed by atoms with Crippen LogP contribution in [0.4, 0.5) is 18.9 Å². The second-order valence-electron chi connectivity index (χ2n) is 2.23. The summed E-state index contributed by atoms with van der Waals surface area (Å²) in [4.78, 5) is 10.1. The van der Waals surface area contributed by atoms with Crippen molar-refractivity contribution in [1.29, 1.82) is 0 Å². The van der Waals surface area contributed by atoms with Crippen molar-refractivity contribution in [2.45, 2.75) is 6.18 Å². The summed E-state index contributed by atoms with van der Waals surface area (Å²) in [6.07, 6.45) is -4.60. The molecule has 0 bridgehead atoms. The van der Waals surface area contributed by atoms with E-state index in [4.69, 9.17) is 11.6 Å². The molecule has 0 saturated carbocycles. The van der Waals surface area contributed by atoms with Crippen molar-refractivity contribution in [3.63, 3.8) is 0 Å². The van der Waals surface area contributed by atoms with Gasteiger partial charge >= 0.3 is 6.18 Å². The molecule has 6 heteroatoms. The standard InChI is InChI=1S/C7H3ClF3NO/c8-5-3-1-2-4(6(5)12-13)7(9,10)11/h1-3H. The smallest absolute Gasteiger partial charge is 0.166 e. The number of halogens is 4. The number of hydrogen-bond donors (Lipinski definition) is 0. The first-order chi connectivity index (χ1) is 5.96. The van der Waals surface area contributed by atoms with Crippen LogP contribution in [0.2, 0.25) is 5.02 Å². The fourth-order valence-corrected chi connectivity index (χ4v) is 1.05. The number of nitroso groups, excluding NO2 is 1. The Labute approximate surface area is 76.3 Å². The van der Waals surface area contributed by atoms with Crippen molar-refractivity contribution in [2.24, 2.45) is 5.18 Å². The molecule has 0 N–H and O–H groups in total. The van der Waals surface area contributed by atoms with Crippen LogP contribution in [0.5, 0.6) is 0 Å². The Morgan fingerprint density at radius 2 is 1.92 bits per heavy atom. The number of rotatable bonds is 1. The SMILES string of the molecule is O=Nc1c(Cl)cccc1C(F)(F)F. The van der Waals surface area contributed by atoms with Gasteiger partial charge in [0.2, 0.25) is 0 Å². The van der Waals surface area contributed by atoms with Crippen LogP contribution in [-0.4, -0.2) is 0 Å². The molecule has 0 spiro atoms. The van der Waals surface area contributed by atoms with Crippen LogP contribution >= 0.6 is 11.6 Å². The summed E-state index contributed by atoms with van der Waals surface area (Å²) in [6, 6.07) is 3.04. The van der Waals surface area contributed by atoms with Gasteiger partial charge in [-0.25, -0.2) is 0 Å². The van der Waals surface area contributed by atoms with E-state index in [1.54, 1.807) is 0 Å². The Morgan fingerprint density at radius 3 is 2.31 bits per heavy atom. The van der Waals surface area contributed by atoms with Gasteiger partial charge in [0.05, 0.1) is 10.6 Å². The monoisotopic (exact) mass is 209 g/mol. The molecule has 2 nitrogen and oxygen atoms in total. The fourth-order valence-electron chi connectivity index (χ4n) is 0.837. The van der Waals surface area contributed by atoms with E-state index in [-0.39, 0.29) is 5.02 Å². The van der Waals surface area contributed by atoms with Crippen LogP contribution in [0, 0.1) is 4.91 Å². The molecule has 0 atom stereocenters. The quantitative estimate of drug-likeness (QED) is 0.648. The number of alkyl halides is 3. The average Bonchev–Trinajstić information content (AvgIpc) is 2.02. The Bertz CT molecular complexity index is 337. The van der Waals surface area contributed by atoms with Gasteiger partial charge in [-0.15, -0.1) is 4.91 Å². The van der Waals surface area contributed by atoms with Crippen LogP contribution < -0.4 is 0 Å². The molecule has 0 amide bonds. The van der Waals surface area contributed by atoms with Crippen LogP contribution in [0.15, 0.2) is 23.4 Å². The lowest BCUT2D eigenvalue weighted by Crippen LogP contribution is -2.04. The molecular formula is C7H3ClF3NO. The summed E-state index contributed by atoms with van der Waals surface area (Å²) in [7, 11) is 0. The van der Waals surface area contributed by atoms with Gasteiger partial charge in [0.1, 0.15) is 5.69 Å². The maximum atomic E-state index is 12.2. The molecule has 1 aromatic rings. The van der Waals surface area contributed by atoms with Gasteiger partial charge in [0, 0.05) is 0 Å². The van der Waals surface area contributed by atoms with Crippen molar-refractivity contribution >= 4 is 17.3 Å². The van der Waals surface area contributed by atoms with Gasteiger partial charge in [0.25, 0.3) is 0 Å². The topological polar surface area (TPSA) is 29.4 Å². The van der Waals surface area contributed by atoms with Gasteiger partial charge in [-0.1, -0.05) is 17.7 Å². The highest BCUT2D eigenvalue weighted by molar-refractivity contribution is 6.33. The molecule has 13 heavy (non-hydrogen) atoms. The highest BCUT2D eigenvalue weighted by atomic mass is 35.5. The second kappa shape index (κ2) is 3.33. The average molecular weight is 210 g/mol. The summed E-state index contributed by atoms with van der Waals surface area (Å²) in [5, 5.41) is 1.93. The lowest BCUT2D eigenvalue weighted by molar-refractivity contribution is -0.137. The third-order valence-corrected chi connectivity index (χ3v) is 1.69. The van der Waals surface area contributed by atoms with Crippen molar-refractivity contribution in [3.8, 4) is 0 Å². The van der Waals surface area contributed by atoms with Crippen molar-refractivity contribution in [3.05, 3.63) is 33.7 Å². The minimum absolute atomic E-state index is 0.301. The third kappa shape index (κ3) is 1.98. The highest BCUT2D eigenvalue weighted by Gasteiger charge is 2.34. The largest absolute Gasteiger partial charge is 0.418 e. The summed E-state index contributed by atoms with van der Waals surface area (Å²) in [5.74, 6) is 0. The van der Waals surface area contributed by atoms with Crippen molar-refractivity contribution in [2.75, 3.05) is 0 Å². The van der Waals surface area contributed by atoms with E-state index in [1.165, 1.54) is 6.07 Å². The first-order valence-corrected chi connectivity index (χ1v) is 3.53. The Morgan fingerprint density at radius 1 is 1.31 bits per heavy atom. The molecule has 1 aromatic carbocycles. The van der Waals surface area contributed by atoms with Gasteiger partial charge < -0.3 is 0 Å². The molecule has 70 valence electrons. The number of nitrogens with zero attached hydrogens (tertiary/aromatic N) is 1. The van der Waals surface area contributed by atoms with E-state index in [1.807, 2.05) is 0 Å². The van der Waals surface area contributed by atoms with Crippen molar-refractivity contribution in [1.82, 2.24) is 0 Å². The molecule has 0 unspecified atom stereocenters. The molecule has 0 aliphatic heterocycles. The minimum Gasteiger partial charge on any atom is -0.166 e. The zero-order valence-electron chi connectivity index (χ0n) is 6.10. The molecule has 0 fully saturated rings. The molecule has 0 saturated heterocycles. The first-order valence-electron chi connectivity index (χ1n) is 3.16. The first kappa shape index (κ1) is 9.98. The summed E-state index contributed by atoms with van der Waals surface area (Å²) in [6.45, 7) is 0. The number of hydrogen-bond acceptors (Lipinski definition) is 2. The molecule has 0 aromatic heterocycles. The van der Waals surface area contributed by atoms with Gasteiger partial charge in [-0.05, 0) is 17.3 Å². The molecule has 0 heterocycles. The predicted octanol–water partition coefficient (Wildman–Crippen LogP) is 3.76. The Balaban J connectivity index is 3.37. The zero-order valence-corrected chi connectivity index (χ0v) is 6.86. The van der Waals surface area contributed by atoms with Crippen molar-refractivity contribution < 1.29 is 13.2 Å². The summed E-state index contributed by atoms with van der Waals surface area (Å²) >= 11 is 5.34. The van der Waals surface area contributed by atoms with E-state index in [9.17, 15) is 18.1 Å². The maximum Gasteiger partial charge on any atom is 0.418 e. The predicted molar refractivity (Wildman–Crippen MR) is 41.9 cm³/mol. The van der Waals surface area contributed by atoms with Crippen LogP contribution in [0.25, 0.3) is 0 Å². The van der Waals surface area contributed by atoms with Gasteiger partial charge in [-0.2, -0.15) is 13.2 Å². The third-order valence-electron chi connectivity index (χ3n) is 1.38. The summed E-state index contributed by atoms with van der Waals surface area (Å²) in [5.41, 5.74) is -1.88. The van der Waals surface area contributed by atoms with Gasteiger partial charge in [-0.3, -0.25) is 0 Å². The maximum absolute atomic E-state index is 12.2. The summed E-state index contributed by atoms with van der Waals surface area (Å²) < 4.78 is 36.5. The molecular weight excluding hydrogens is 207 g/mol. The Hall–Kier alpha value is -1.10. The highest BCUT2D eigenvalue weighted by Crippen LogP contribution is 2.39. The minimum atomic E-state index is -4.60. The lowest BCUT2D eigenvalue weighted by Gasteiger charge is -2.08.